The van der Waals surface area contributed by atoms with Crippen molar-refractivity contribution >= 4 is 32.8 Å². The minimum Gasteiger partial charge on any atom is -0.451 e. The molecule has 2 aromatic rings. The van der Waals surface area contributed by atoms with Gasteiger partial charge >= 0.3 is 0 Å². The van der Waals surface area contributed by atoms with Gasteiger partial charge in [-0.1, -0.05) is 34.0 Å². The SMILES string of the molecule is Cc1ccc2oc(C(=O)NC3CCCC3Br)cc2c1. The van der Waals surface area contributed by atoms with Crippen molar-refractivity contribution in [3.63, 3.8) is 0 Å². The summed E-state index contributed by atoms with van der Waals surface area (Å²) in [4.78, 5) is 12.6. The maximum Gasteiger partial charge on any atom is 0.287 e. The highest BCUT2D eigenvalue weighted by Gasteiger charge is 2.27. The van der Waals surface area contributed by atoms with E-state index in [0.717, 1.165) is 35.8 Å². The van der Waals surface area contributed by atoms with Gasteiger partial charge in [0.1, 0.15) is 5.58 Å². The average molecular weight is 322 g/mol. The first kappa shape index (κ1) is 12.7. The Morgan fingerprint density at radius 1 is 1.37 bits per heavy atom. The van der Waals surface area contributed by atoms with Gasteiger partial charge in [0.2, 0.25) is 0 Å². The van der Waals surface area contributed by atoms with Crippen molar-refractivity contribution in [1.82, 2.24) is 5.32 Å². The average Bonchev–Trinajstić information content (AvgIpc) is 2.96. The number of nitrogens with one attached hydrogen (secondary N) is 1. The predicted octanol–water partition coefficient (Wildman–Crippen LogP) is 3.79. The highest BCUT2D eigenvalue weighted by atomic mass is 79.9. The van der Waals surface area contributed by atoms with Crippen LogP contribution in [0, 0.1) is 6.92 Å². The molecule has 1 amide bonds. The Morgan fingerprint density at radius 2 is 2.21 bits per heavy atom. The molecule has 100 valence electrons. The lowest BCUT2D eigenvalue weighted by Crippen LogP contribution is -2.37. The van der Waals surface area contributed by atoms with Crippen molar-refractivity contribution in [2.45, 2.75) is 37.1 Å². The number of alkyl halides is 1. The molecule has 1 heterocycles. The third-order valence-corrected chi connectivity index (χ3v) is 4.74. The number of halogens is 1. The molecule has 1 aliphatic rings. The van der Waals surface area contributed by atoms with E-state index >= 15 is 0 Å². The van der Waals surface area contributed by atoms with Crippen LogP contribution in [0.25, 0.3) is 11.0 Å². The Morgan fingerprint density at radius 3 is 2.95 bits per heavy atom. The Labute approximate surface area is 120 Å². The standard InChI is InChI=1S/C15H16BrNO2/c1-9-5-6-13-10(7-9)8-14(19-13)15(18)17-12-4-2-3-11(12)16/h5-8,11-12H,2-4H2,1H3,(H,17,18). The molecule has 3 nitrogen and oxygen atoms in total. The fourth-order valence-corrected chi connectivity index (χ4v) is 3.31. The van der Waals surface area contributed by atoms with Crippen molar-refractivity contribution < 1.29 is 9.21 Å². The lowest BCUT2D eigenvalue weighted by atomic mass is 10.2. The van der Waals surface area contributed by atoms with Gasteiger partial charge in [-0.3, -0.25) is 4.79 Å². The van der Waals surface area contributed by atoms with Gasteiger partial charge in [0.05, 0.1) is 0 Å². The summed E-state index contributed by atoms with van der Waals surface area (Å²) in [6.45, 7) is 2.03. The van der Waals surface area contributed by atoms with Gasteiger partial charge < -0.3 is 9.73 Å². The van der Waals surface area contributed by atoms with Gasteiger partial charge in [-0.25, -0.2) is 0 Å². The van der Waals surface area contributed by atoms with Crippen LogP contribution in [0.4, 0.5) is 0 Å². The Bertz CT molecular complexity index is 620. The number of aryl methyl sites for hydroxylation is 1. The van der Waals surface area contributed by atoms with E-state index < -0.39 is 0 Å². The molecule has 1 aromatic carbocycles. The number of rotatable bonds is 2. The van der Waals surface area contributed by atoms with Crippen molar-refractivity contribution in [2.24, 2.45) is 0 Å². The molecule has 1 aliphatic carbocycles. The van der Waals surface area contributed by atoms with E-state index in [1.54, 1.807) is 0 Å². The summed E-state index contributed by atoms with van der Waals surface area (Å²) in [5, 5.41) is 4.02. The van der Waals surface area contributed by atoms with E-state index in [0.29, 0.717) is 10.6 Å². The van der Waals surface area contributed by atoms with Gasteiger partial charge in [-0.15, -0.1) is 0 Å². The molecule has 1 fully saturated rings. The Hall–Kier alpha value is -1.29. The summed E-state index contributed by atoms with van der Waals surface area (Å²) >= 11 is 3.60. The van der Waals surface area contributed by atoms with E-state index in [4.69, 9.17) is 4.42 Å². The van der Waals surface area contributed by atoms with E-state index in [-0.39, 0.29) is 11.9 Å². The maximum absolute atomic E-state index is 12.2. The molecule has 4 heteroatoms. The first-order valence-electron chi connectivity index (χ1n) is 6.58. The van der Waals surface area contributed by atoms with Gasteiger partial charge in [0.25, 0.3) is 5.91 Å². The summed E-state index contributed by atoms with van der Waals surface area (Å²) < 4.78 is 5.60. The molecule has 2 unspecified atom stereocenters. The molecule has 0 saturated heterocycles. The van der Waals surface area contributed by atoms with Crippen LogP contribution in [0.15, 0.2) is 28.7 Å². The minimum atomic E-state index is -0.120. The molecule has 2 atom stereocenters. The van der Waals surface area contributed by atoms with Crippen molar-refractivity contribution in [3.8, 4) is 0 Å². The van der Waals surface area contributed by atoms with Crippen LogP contribution in [0.1, 0.15) is 35.4 Å². The molecule has 19 heavy (non-hydrogen) atoms. The van der Waals surface area contributed by atoms with Gasteiger partial charge in [0.15, 0.2) is 5.76 Å². The number of furan rings is 1. The van der Waals surface area contributed by atoms with Crippen LogP contribution < -0.4 is 5.32 Å². The predicted molar refractivity (Wildman–Crippen MR) is 78.8 cm³/mol. The highest BCUT2D eigenvalue weighted by molar-refractivity contribution is 9.09. The molecule has 0 spiro atoms. The van der Waals surface area contributed by atoms with E-state index in [1.807, 2.05) is 31.2 Å². The van der Waals surface area contributed by atoms with Crippen molar-refractivity contribution in [2.75, 3.05) is 0 Å². The Balaban J connectivity index is 1.81. The normalized spacial score (nSPS) is 22.8. The second-order valence-electron chi connectivity index (χ2n) is 5.18. The number of hydrogen-bond acceptors (Lipinski definition) is 2. The molecule has 0 aliphatic heterocycles. The summed E-state index contributed by atoms with van der Waals surface area (Å²) in [5.74, 6) is 0.275. The van der Waals surface area contributed by atoms with Crippen LogP contribution in [0.3, 0.4) is 0 Å². The highest BCUT2D eigenvalue weighted by Crippen LogP contribution is 2.26. The molecule has 1 saturated carbocycles. The minimum absolute atomic E-state index is 0.120. The molecule has 3 rings (SSSR count). The first-order valence-corrected chi connectivity index (χ1v) is 7.50. The van der Waals surface area contributed by atoms with Crippen LogP contribution in [-0.4, -0.2) is 16.8 Å². The third kappa shape index (κ3) is 2.54. The van der Waals surface area contributed by atoms with Crippen LogP contribution in [0.2, 0.25) is 0 Å². The summed E-state index contributed by atoms with van der Waals surface area (Å²) in [5.41, 5.74) is 1.93. The molecular formula is C15H16BrNO2. The largest absolute Gasteiger partial charge is 0.451 e. The molecular weight excluding hydrogens is 306 g/mol. The van der Waals surface area contributed by atoms with Crippen molar-refractivity contribution in [3.05, 3.63) is 35.6 Å². The zero-order chi connectivity index (χ0) is 13.4. The molecule has 1 aromatic heterocycles. The monoisotopic (exact) mass is 321 g/mol. The first-order chi connectivity index (χ1) is 9.13. The third-order valence-electron chi connectivity index (χ3n) is 3.64. The number of amides is 1. The lowest BCUT2D eigenvalue weighted by Gasteiger charge is -2.14. The van der Waals surface area contributed by atoms with Crippen LogP contribution in [0.5, 0.6) is 0 Å². The number of benzene rings is 1. The van der Waals surface area contributed by atoms with E-state index in [1.165, 1.54) is 0 Å². The lowest BCUT2D eigenvalue weighted by molar-refractivity contribution is 0.0913. The second-order valence-corrected chi connectivity index (χ2v) is 6.35. The smallest absolute Gasteiger partial charge is 0.287 e. The fourth-order valence-electron chi connectivity index (χ4n) is 2.59. The van der Waals surface area contributed by atoms with Crippen molar-refractivity contribution in [1.29, 1.82) is 0 Å². The topological polar surface area (TPSA) is 42.2 Å². The zero-order valence-corrected chi connectivity index (χ0v) is 12.4. The van der Waals surface area contributed by atoms with E-state index in [9.17, 15) is 4.79 Å². The van der Waals surface area contributed by atoms with Gasteiger partial charge in [-0.05, 0) is 38.0 Å². The summed E-state index contributed by atoms with van der Waals surface area (Å²) in [7, 11) is 0. The summed E-state index contributed by atoms with van der Waals surface area (Å²) in [6, 6.07) is 7.94. The Kier molecular flexibility index (Phi) is 3.35. The molecule has 0 bridgehead atoms. The summed E-state index contributed by atoms with van der Waals surface area (Å²) in [6.07, 6.45) is 3.30. The van der Waals surface area contributed by atoms with E-state index in [2.05, 4.69) is 21.2 Å². The van der Waals surface area contributed by atoms with Gasteiger partial charge in [-0.2, -0.15) is 0 Å². The quantitative estimate of drug-likeness (QED) is 0.855. The number of hydrogen-bond donors (Lipinski definition) is 1. The molecule has 0 radical (unpaired) electrons. The number of fused-ring (bicyclic) bond motifs is 1. The fraction of sp³-hybridized carbons (Fsp3) is 0.400. The maximum atomic E-state index is 12.2. The van der Waals surface area contributed by atoms with Gasteiger partial charge in [0, 0.05) is 16.3 Å². The van der Waals surface area contributed by atoms with Crippen LogP contribution >= 0.6 is 15.9 Å². The second kappa shape index (κ2) is 5.00. The number of carbonyl (C=O) groups is 1. The number of carbonyl (C=O) groups excluding carboxylic acids is 1. The van der Waals surface area contributed by atoms with Crippen LogP contribution in [-0.2, 0) is 0 Å². The molecule has 1 N–H and O–H groups in total. The zero-order valence-electron chi connectivity index (χ0n) is 10.8.